The van der Waals surface area contributed by atoms with Gasteiger partial charge in [0.25, 0.3) is 0 Å². The summed E-state index contributed by atoms with van der Waals surface area (Å²) in [6, 6.07) is 0. The largest absolute Gasteiger partial charge is 0.394 e. The number of hydrogen-bond donors (Lipinski definition) is 5. The molecule has 2 heterocycles. The third-order valence-electron chi connectivity index (χ3n) is 4.87. The fourth-order valence-electron chi connectivity index (χ4n) is 3.21. The number of aliphatic hydroxyl groups is 5. The van der Waals surface area contributed by atoms with E-state index >= 15 is 0 Å². The second kappa shape index (κ2) is 8.35. The number of rotatable bonds is 5. The van der Waals surface area contributed by atoms with Crippen molar-refractivity contribution in [2.24, 2.45) is 11.8 Å². The summed E-state index contributed by atoms with van der Waals surface area (Å²) in [5, 5.41) is 49.0. The van der Waals surface area contributed by atoms with Gasteiger partial charge >= 0.3 is 0 Å². The summed E-state index contributed by atoms with van der Waals surface area (Å²) < 4.78 is 22.1. The van der Waals surface area contributed by atoms with Gasteiger partial charge in [0.05, 0.1) is 25.4 Å². The van der Waals surface area contributed by atoms with Gasteiger partial charge < -0.3 is 44.5 Å². The molecule has 2 saturated heterocycles. The molecule has 2 aliphatic rings. The van der Waals surface area contributed by atoms with Gasteiger partial charge in [-0.25, -0.2) is 0 Å². The Labute approximate surface area is 140 Å². The molecule has 0 spiro atoms. The van der Waals surface area contributed by atoms with Crippen molar-refractivity contribution in [1.29, 1.82) is 0 Å². The Bertz CT molecular complexity index is 377. The van der Waals surface area contributed by atoms with Gasteiger partial charge in [0, 0.05) is 18.9 Å². The third-order valence-corrected chi connectivity index (χ3v) is 4.87. The van der Waals surface area contributed by atoms with Crippen LogP contribution in [0.15, 0.2) is 0 Å². The molecule has 24 heavy (non-hydrogen) atoms. The van der Waals surface area contributed by atoms with E-state index in [0.717, 1.165) is 0 Å². The van der Waals surface area contributed by atoms with Crippen molar-refractivity contribution >= 4 is 0 Å². The lowest BCUT2D eigenvalue weighted by atomic mass is 9.90. The van der Waals surface area contributed by atoms with Crippen molar-refractivity contribution in [3.63, 3.8) is 0 Å². The van der Waals surface area contributed by atoms with Gasteiger partial charge in [0.2, 0.25) is 0 Å². The van der Waals surface area contributed by atoms with E-state index in [1.54, 1.807) is 13.8 Å². The van der Waals surface area contributed by atoms with Crippen LogP contribution in [0.2, 0.25) is 0 Å². The summed E-state index contributed by atoms with van der Waals surface area (Å²) in [4.78, 5) is 0. The van der Waals surface area contributed by atoms with Crippen LogP contribution < -0.4 is 0 Å². The second-order valence-electron chi connectivity index (χ2n) is 6.48. The quantitative estimate of drug-likeness (QED) is 0.373. The van der Waals surface area contributed by atoms with Crippen molar-refractivity contribution in [1.82, 2.24) is 0 Å². The predicted octanol–water partition coefficient (Wildman–Crippen LogP) is -2.19. The zero-order valence-corrected chi connectivity index (χ0v) is 14.1. The van der Waals surface area contributed by atoms with Gasteiger partial charge in [-0.1, -0.05) is 13.8 Å². The van der Waals surface area contributed by atoms with Crippen LogP contribution in [-0.4, -0.2) is 95.1 Å². The summed E-state index contributed by atoms with van der Waals surface area (Å²) in [5.74, 6) is -0.959. The Kier molecular flexibility index (Phi) is 6.94. The first-order valence-corrected chi connectivity index (χ1v) is 8.10. The molecule has 0 aromatic heterocycles. The average molecular weight is 352 g/mol. The molecule has 2 rings (SSSR count). The maximum Gasteiger partial charge on any atom is 0.163 e. The highest BCUT2D eigenvalue weighted by atomic mass is 16.7. The first kappa shape index (κ1) is 20.0. The van der Waals surface area contributed by atoms with Crippen LogP contribution in [0.25, 0.3) is 0 Å². The molecule has 5 N–H and O–H groups in total. The first-order chi connectivity index (χ1) is 11.3. The number of methoxy groups -OCH3 is 1. The van der Waals surface area contributed by atoms with Crippen LogP contribution in [0, 0.1) is 11.8 Å². The van der Waals surface area contributed by atoms with Gasteiger partial charge in [0.1, 0.15) is 24.4 Å². The Morgan fingerprint density at radius 3 is 1.88 bits per heavy atom. The van der Waals surface area contributed by atoms with E-state index in [4.69, 9.17) is 18.9 Å². The van der Waals surface area contributed by atoms with E-state index in [9.17, 15) is 25.5 Å². The first-order valence-electron chi connectivity index (χ1n) is 8.10. The minimum atomic E-state index is -1.22. The Morgan fingerprint density at radius 2 is 1.33 bits per heavy atom. The van der Waals surface area contributed by atoms with Crippen LogP contribution in [0.1, 0.15) is 13.8 Å². The topological polar surface area (TPSA) is 138 Å². The Hall–Kier alpha value is -0.360. The minimum absolute atomic E-state index is 0.375. The molecule has 0 aromatic rings. The highest BCUT2D eigenvalue weighted by Crippen LogP contribution is 2.33. The van der Waals surface area contributed by atoms with Crippen LogP contribution in [0.4, 0.5) is 0 Å². The molecule has 9 nitrogen and oxygen atoms in total. The van der Waals surface area contributed by atoms with Crippen molar-refractivity contribution in [3.8, 4) is 0 Å². The van der Waals surface area contributed by atoms with Crippen molar-refractivity contribution in [2.45, 2.75) is 63.1 Å². The molecule has 5 unspecified atom stereocenters. The molecule has 0 saturated carbocycles. The maximum atomic E-state index is 10.4. The highest BCUT2D eigenvalue weighted by Gasteiger charge is 2.48. The number of hydrogen-bond acceptors (Lipinski definition) is 9. The zero-order valence-electron chi connectivity index (χ0n) is 14.1. The molecule has 2 aliphatic heterocycles. The Morgan fingerprint density at radius 1 is 0.792 bits per heavy atom. The SMILES string of the molecule is COC1OC(CO)[C@H](O)C(O[C@@H]2OC(CO)[C@H](O)C(O)[C@@H]2C)[C@@H]1C. The molecule has 0 radical (unpaired) electrons. The monoisotopic (exact) mass is 352 g/mol. The summed E-state index contributed by atoms with van der Waals surface area (Å²) >= 11 is 0. The van der Waals surface area contributed by atoms with Crippen LogP contribution >= 0.6 is 0 Å². The van der Waals surface area contributed by atoms with Crippen LogP contribution in [-0.2, 0) is 18.9 Å². The van der Waals surface area contributed by atoms with Gasteiger partial charge in [-0.15, -0.1) is 0 Å². The minimum Gasteiger partial charge on any atom is -0.394 e. The predicted molar refractivity (Wildman–Crippen MR) is 79.7 cm³/mol. The van der Waals surface area contributed by atoms with E-state index < -0.39 is 68.3 Å². The summed E-state index contributed by atoms with van der Waals surface area (Å²) in [6.07, 6.45) is -7.76. The number of aliphatic hydroxyl groups excluding tert-OH is 5. The lowest BCUT2D eigenvalue weighted by molar-refractivity contribution is -0.340. The lowest BCUT2D eigenvalue weighted by Gasteiger charge is -2.47. The standard InChI is InChI=1S/C15H28O9/c1-6-10(18)11(19)8(4-16)23-15(6)24-13-7(2)14(21-3)22-9(5-17)12(13)20/h6-20H,4-5H2,1-3H3/t6-,7-,8?,9?,10?,11-,12-,13?,14?,15-/m0/s1. The van der Waals surface area contributed by atoms with Crippen molar-refractivity contribution in [3.05, 3.63) is 0 Å². The van der Waals surface area contributed by atoms with E-state index in [2.05, 4.69) is 0 Å². The third kappa shape index (κ3) is 3.74. The normalized spacial score (nSPS) is 50.0. The van der Waals surface area contributed by atoms with Gasteiger partial charge in [-0.3, -0.25) is 0 Å². The number of ether oxygens (including phenoxy) is 4. The summed E-state index contributed by atoms with van der Waals surface area (Å²) in [7, 11) is 1.45. The van der Waals surface area contributed by atoms with E-state index in [1.807, 2.05) is 0 Å². The molecule has 0 bridgehead atoms. The smallest absolute Gasteiger partial charge is 0.163 e. The summed E-state index contributed by atoms with van der Waals surface area (Å²) in [5.41, 5.74) is 0. The molecule has 0 aromatic carbocycles. The fourth-order valence-corrected chi connectivity index (χ4v) is 3.21. The molecular formula is C15H28O9. The molecule has 9 heteroatoms. The molecular weight excluding hydrogens is 324 g/mol. The summed E-state index contributed by atoms with van der Waals surface area (Å²) in [6.45, 7) is 2.52. The second-order valence-corrected chi connectivity index (χ2v) is 6.48. The van der Waals surface area contributed by atoms with Crippen LogP contribution in [0.5, 0.6) is 0 Å². The van der Waals surface area contributed by atoms with Crippen molar-refractivity contribution in [2.75, 3.05) is 20.3 Å². The van der Waals surface area contributed by atoms with Gasteiger partial charge in [0.15, 0.2) is 12.6 Å². The molecule has 0 aliphatic carbocycles. The van der Waals surface area contributed by atoms with Gasteiger partial charge in [-0.2, -0.15) is 0 Å². The fraction of sp³-hybridized carbons (Fsp3) is 1.00. The van der Waals surface area contributed by atoms with E-state index in [1.165, 1.54) is 7.11 Å². The molecule has 10 atom stereocenters. The maximum absolute atomic E-state index is 10.4. The lowest BCUT2D eigenvalue weighted by Crippen LogP contribution is -2.60. The zero-order chi connectivity index (χ0) is 18.0. The van der Waals surface area contributed by atoms with Crippen molar-refractivity contribution < 1.29 is 44.5 Å². The Balaban J connectivity index is 2.14. The molecule has 0 amide bonds. The van der Waals surface area contributed by atoms with E-state index in [0.29, 0.717) is 0 Å². The average Bonchev–Trinajstić information content (AvgIpc) is 2.58. The highest BCUT2D eigenvalue weighted by molar-refractivity contribution is 4.91. The van der Waals surface area contributed by atoms with Gasteiger partial charge in [-0.05, 0) is 0 Å². The molecule has 142 valence electrons. The molecule has 2 fully saturated rings. The van der Waals surface area contributed by atoms with Crippen LogP contribution in [0.3, 0.4) is 0 Å². The van der Waals surface area contributed by atoms with E-state index in [-0.39, 0.29) is 5.92 Å².